The molecule has 7 heteroatoms. The average Bonchev–Trinajstić information content (AvgIpc) is 2.65. The van der Waals surface area contributed by atoms with E-state index in [9.17, 15) is 9.59 Å². The third kappa shape index (κ3) is 5.50. The fraction of sp³-hybridized carbons (Fsp3) is 0.909. The number of hydrogen-bond acceptors (Lipinski definition) is 5. The highest BCUT2D eigenvalue weighted by molar-refractivity contribution is 5.73. The van der Waals surface area contributed by atoms with Crippen LogP contribution < -0.4 is 10.6 Å². The number of ether oxygens (including phenoxy) is 3. The number of hydrogen-bond donors (Lipinski definition) is 2. The molecule has 7 nitrogen and oxygen atoms in total. The zero-order valence-electron chi connectivity index (χ0n) is 19.2. The van der Waals surface area contributed by atoms with E-state index in [2.05, 4.69) is 45.3 Å². The Morgan fingerprint density at radius 2 is 1.34 bits per heavy atom. The van der Waals surface area contributed by atoms with Crippen LogP contribution >= 0.6 is 0 Å². The minimum atomic E-state index is -0.550. The maximum atomic E-state index is 11.9. The molecule has 2 fully saturated rings. The summed E-state index contributed by atoms with van der Waals surface area (Å²) in [5, 5.41) is 6.06. The first-order chi connectivity index (χ1) is 13.6. The van der Waals surface area contributed by atoms with E-state index >= 15 is 0 Å². The highest BCUT2D eigenvalue weighted by atomic mass is 16.7. The number of nitrogens with one attached hydrogen (secondary N) is 2. The number of rotatable bonds is 6. The van der Waals surface area contributed by atoms with E-state index in [1.165, 1.54) is 13.8 Å². The van der Waals surface area contributed by atoms with Gasteiger partial charge in [-0.25, -0.2) is 0 Å². The van der Waals surface area contributed by atoms with Crippen molar-refractivity contribution in [3.63, 3.8) is 0 Å². The minimum Gasteiger partial charge on any atom is -0.370 e. The molecule has 0 spiro atoms. The fourth-order valence-corrected chi connectivity index (χ4v) is 4.90. The second-order valence-electron chi connectivity index (χ2n) is 8.87. The summed E-state index contributed by atoms with van der Waals surface area (Å²) in [4.78, 5) is 23.6. The molecule has 2 aliphatic rings. The summed E-state index contributed by atoms with van der Waals surface area (Å²) >= 11 is 0. The third-order valence-electron chi connectivity index (χ3n) is 6.77. The van der Waals surface area contributed by atoms with Crippen LogP contribution in [0.3, 0.4) is 0 Å². The van der Waals surface area contributed by atoms with Crippen molar-refractivity contribution in [2.45, 2.75) is 111 Å². The van der Waals surface area contributed by atoms with Gasteiger partial charge in [-0.1, -0.05) is 34.6 Å². The molecule has 2 saturated heterocycles. The third-order valence-corrected chi connectivity index (χ3v) is 6.77. The molecule has 0 aromatic heterocycles. The van der Waals surface area contributed by atoms with E-state index in [1.54, 1.807) is 0 Å². The molecule has 2 rings (SSSR count). The number of carbonyl (C=O) groups excluding carboxylic acids is 2. The van der Waals surface area contributed by atoms with Crippen LogP contribution in [0.2, 0.25) is 0 Å². The summed E-state index contributed by atoms with van der Waals surface area (Å²) in [5.41, 5.74) is 0. The van der Waals surface area contributed by atoms with E-state index in [0.717, 1.165) is 12.8 Å². The van der Waals surface area contributed by atoms with Gasteiger partial charge in [0.15, 0.2) is 6.29 Å². The lowest BCUT2D eigenvalue weighted by Crippen LogP contribution is -2.63. The van der Waals surface area contributed by atoms with Crippen molar-refractivity contribution in [3.05, 3.63) is 0 Å². The Labute approximate surface area is 175 Å². The summed E-state index contributed by atoms with van der Waals surface area (Å²) < 4.78 is 19.1. The van der Waals surface area contributed by atoms with Gasteiger partial charge in [-0.15, -0.1) is 0 Å². The lowest BCUT2D eigenvalue weighted by atomic mass is 9.80. The Kier molecular flexibility index (Phi) is 8.49. The lowest BCUT2D eigenvalue weighted by Gasteiger charge is -2.49. The highest BCUT2D eigenvalue weighted by Gasteiger charge is 2.47. The monoisotopic (exact) mass is 412 g/mol. The summed E-state index contributed by atoms with van der Waals surface area (Å²) in [6, 6.07) is -0.366. The van der Waals surface area contributed by atoms with Gasteiger partial charge in [-0.3, -0.25) is 9.59 Å². The van der Waals surface area contributed by atoms with Gasteiger partial charge >= 0.3 is 0 Å². The second-order valence-corrected chi connectivity index (χ2v) is 8.87. The molecule has 10 atom stereocenters. The van der Waals surface area contributed by atoms with Crippen LogP contribution in [0.1, 0.15) is 68.2 Å². The molecule has 2 heterocycles. The molecule has 0 bridgehead atoms. The zero-order chi connectivity index (χ0) is 21.9. The van der Waals surface area contributed by atoms with Crippen molar-refractivity contribution >= 4 is 11.8 Å². The van der Waals surface area contributed by atoms with E-state index < -0.39 is 6.29 Å². The number of carbonyl (C=O) groups is 2. The van der Waals surface area contributed by atoms with Crippen molar-refractivity contribution < 1.29 is 23.8 Å². The normalized spacial score (nSPS) is 42.9. The SMILES string of the molecule is CCC1O[C@@H](O[C@H]2C(CC)O[C@@H](C)C(NC(C)=O)[C@H]2C)C(NC(C)=O)[C@@H](C)[C@H]1C. The van der Waals surface area contributed by atoms with Crippen molar-refractivity contribution in [1.82, 2.24) is 10.6 Å². The van der Waals surface area contributed by atoms with Crippen molar-refractivity contribution in [2.75, 3.05) is 0 Å². The van der Waals surface area contributed by atoms with Gasteiger partial charge in [-0.2, -0.15) is 0 Å². The zero-order valence-corrected chi connectivity index (χ0v) is 19.2. The smallest absolute Gasteiger partial charge is 0.217 e. The summed E-state index contributed by atoms with van der Waals surface area (Å²) in [6.07, 6.45) is 0.773. The molecular formula is C22H40N2O5. The van der Waals surface area contributed by atoms with Crippen molar-refractivity contribution in [2.24, 2.45) is 17.8 Å². The molecule has 0 saturated carbocycles. The Bertz CT molecular complexity index is 571. The quantitative estimate of drug-likeness (QED) is 0.700. The molecule has 2 N–H and O–H groups in total. The fourth-order valence-electron chi connectivity index (χ4n) is 4.90. The Balaban J connectivity index is 2.26. The Hall–Kier alpha value is -1.18. The summed E-state index contributed by atoms with van der Waals surface area (Å²) in [7, 11) is 0. The van der Waals surface area contributed by atoms with Gasteiger partial charge in [-0.05, 0) is 31.6 Å². The maximum Gasteiger partial charge on any atom is 0.217 e. The predicted molar refractivity (Wildman–Crippen MR) is 111 cm³/mol. The van der Waals surface area contributed by atoms with Crippen LogP contribution in [0.25, 0.3) is 0 Å². The number of amides is 2. The molecule has 0 aromatic carbocycles. The first-order valence-electron chi connectivity index (χ1n) is 11.1. The van der Waals surface area contributed by atoms with E-state index in [0.29, 0.717) is 5.92 Å². The standard InChI is InChI=1S/C22H40N2O5/c1-9-17-11(3)12(4)20(24-16(8)26)22(28-17)29-21-13(5)19(23-15(7)25)14(6)27-18(21)10-2/h11-14,17-22H,9-10H2,1-8H3,(H,23,25)(H,24,26)/t11-,12+,13-,14+,17?,18?,19?,20?,21-,22+/m1/s1. The molecule has 0 radical (unpaired) electrons. The van der Waals surface area contributed by atoms with Gasteiger partial charge in [0.2, 0.25) is 11.8 Å². The first kappa shape index (κ1) is 24.1. The highest BCUT2D eigenvalue weighted by Crippen LogP contribution is 2.37. The molecule has 2 amide bonds. The molecular weight excluding hydrogens is 372 g/mol. The van der Waals surface area contributed by atoms with Gasteiger partial charge in [0.25, 0.3) is 0 Å². The molecule has 168 valence electrons. The molecule has 2 aliphatic heterocycles. The van der Waals surface area contributed by atoms with Crippen LogP contribution in [-0.2, 0) is 23.8 Å². The van der Waals surface area contributed by atoms with Gasteiger partial charge < -0.3 is 24.8 Å². The molecule has 4 unspecified atom stereocenters. The largest absolute Gasteiger partial charge is 0.370 e. The van der Waals surface area contributed by atoms with E-state index in [4.69, 9.17) is 14.2 Å². The molecule has 0 aromatic rings. The summed E-state index contributed by atoms with van der Waals surface area (Å²) in [6.45, 7) is 15.6. The van der Waals surface area contributed by atoms with Crippen LogP contribution in [0.4, 0.5) is 0 Å². The Morgan fingerprint density at radius 1 is 0.793 bits per heavy atom. The first-order valence-corrected chi connectivity index (χ1v) is 11.1. The maximum absolute atomic E-state index is 11.9. The van der Waals surface area contributed by atoms with Crippen LogP contribution in [0.5, 0.6) is 0 Å². The van der Waals surface area contributed by atoms with Crippen molar-refractivity contribution in [1.29, 1.82) is 0 Å². The van der Waals surface area contributed by atoms with Gasteiger partial charge in [0.1, 0.15) is 0 Å². The minimum absolute atomic E-state index is 0.0453. The van der Waals surface area contributed by atoms with E-state index in [1.807, 2.05) is 6.92 Å². The van der Waals surface area contributed by atoms with Crippen LogP contribution in [-0.4, -0.2) is 54.6 Å². The Morgan fingerprint density at radius 3 is 1.86 bits per heavy atom. The summed E-state index contributed by atoms with van der Waals surface area (Å²) in [5.74, 6) is 0.401. The molecule has 29 heavy (non-hydrogen) atoms. The average molecular weight is 413 g/mol. The van der Waals surface area contributed by atoms with Crippen LogP contribution in [0.15, 0.2) is 0 Å². The lowest BCUT2D eigenvalue weighted by molar-refractivity contribution is -0.287. The molecule has 0 aliphatic carbocycles. The van der Waals surface area contributed by atoms with E-state index in [-0.39, 0.29) is 60.1 Å². The van der Waals surface area contributed by atoms with Crippen molar-refractivity contribution in [3.8, 4) is 0 Å². The predicted octanol–water partition coefficient (Wildman–Crippen LogP) is 2.62. The second kappa shape index (κ2) is 10.2. The van der Waals surface area contributed by atoms with Crippen LogP contribution in [0, 0.1) is 17.8 Å². The van der Waals surface area contributed by atoms with Gasteiger partial charge in [0, 0.05) is 19.8 Å². The van der Waals surface area contributed by atoms with Gasteiger partial charge in [0.05, 0.1) is 36.5 Å². The topological polar surface area (TPSA) is 85.9 Å².